The molecule has 3 aromatic carbocycles. The van der Waals surface area contributed by atoms with Crippen molar-refractivity contribution in [2.75, 3.05) is 21.3 Å². The largest absolute Gasteiger partial charge is 0.493 e. The molecule has 1 aromatic heterocycles. The van der Waals surface area contributed by atoms with Crippen LogP contribution in [0.2, 0.25) is 0 Å². The van der Waals surface area contributed by atoms with E-state index in [1.54, 1.807) is 12.3 Å². The summed E-state index contributed by atoms with van der Waals surface area (Å²) in [6, 6.07) is 17.1. The lowest BCUT2D eigenvalue weighted by atomic mass is 10.1. The number of nitrogens with zero attached hydrogens (tertiary/aromatic N) is 3. The van der Waals surface area contributed by atoms with Crippen LogP contribution in [0, 0.1) is 10.1 Å². The first kappa shape index (κ1) is 25.5. The van der Waals surface area contributed by atoms with Crippen LogP contribution in [0.5, 0.6) is 17.2 Å². The average Bonchev–Trinajstić information content (AvgIpc) is 2.92. The van der Waals surface area contributed by atoms with Gasteiger partial charge in [-0.1, -0.05) is 30.0 Å². The summed E-state index contributed by atoms with van der Waals surface area (Å²) in [6.45, 7) is 0. The van der Waals surface area contributed by atoms with Crippen LogP contribution in [-0.4, -0.2) is 43.4 Å². The normalized spacial score (nSPS) is 10.9. The van der Waals surface area contributed by atoms with Gasteiger partial charge in [-0.15, -0.1) is 0 Å². The molecular weight excluding hydrogens is 496 g/mol. The summed E-state index contributed by atoms with van der Waals surface area (Å²) in [4.78, 5) is 29.7. The molecule has 0 bridgehead atoms. The van der Waals surface area contributed by atoms with Crippen molar-refractivity contribution in [1.82, 2.24) is 10.4 Å². The molecule has 0 aliphatic carbocycles. The lowest BCUT2D eigenvalue weighted by Gasteiger charge is -2.13. The van der Waals surface area contributed by atoms with E-state index >= 15 is 0 Å². The molecule has 0 unspecified atom stereocenters. The molecule has 4 rings (SSSR count). The number of para-hydroxylation sites is 1. The number of carbonyl (C=O) groups is 1. The summed E-state index contributed by atoms with van der Waals surface area (Å²) in [5.74, 6) is 0.453. The number of rotatable bonds is 9. The zero-order valence-corrected chi connectivity index (χ0v) is 20.9. The maximum Gasteiger partial charge on any atom is 0.271 e. The summed E-state index contributed by atoms with van der Waals surface area (Å²) in [7, 11) is 4.36. The highest BCUT2D eigenvalue weighted by molar-refractivity contribution is 7.99. The Hall–Kier alpha value is -4.64. The second kappa shape index (κ2) is 11.4. The summed E-state index contributed by atoms with van der Waals surface area (Å²) in [5, 5.41) is 16.4. The van der Waals surface area contributed by atoms with Crippen LogP contribution in [0.25, 0.3) is 10.9 Å². The fourth-order valence-corrected chi connectivity index (χ4v) is 4.57. The zero-order chi connectivity index (χ0) is 26.4. The lowest BCUT2D eigenvalue weighted by Crippen LogP contribution is -2.18. The number of hydrogen-bond donors (Lipinski definition) is 1. The van der Waals surface area contributed by atoms with Gasteiger partial charge in [-0.25, -0.2) is 5.43 Å². The van der Waals surface area contributed by atoms with Crippen LogP contribution in [-0.2, 0) is 0 Å². The van der Waals surface area contributed by atoms with E-state index in [1.807, 2.05) is 30.3 Å². The van der Waals surface area contributed by atoms with Gasteiger partial charge in [0.1, 0.15) is 0 Å². The highest BCUT2D eigenvalue weighted by atomic mass is 32.2. The van der Waals surface area contributed by atoms with Gasteiger partial charge in [-0.05, 0) is 30.3 Å². The van der Waals surface area contributed by atoms with Crippen LogP contribution >= 0.6 is 11.8 Å². The van der Waals surface area contributed by atoms with Crippen molar-refractivity contribution < 1.29 is 23.9 Å². The van der Waals surface area contributed by atoms with Gasteiger partial charge >= 0.3 is 0 Å². The number of ether oxygens (including phenoxy) is 3. The number of amides is 1. The van der Waals surface area contributed by atoms with Crippen LogP contribution < -0.4 is 19.6 Å². The van der Waals surface area contributed by atoms with Crippen molar-refractivity contribution in [3.8, 4) is 17.2 Å². The molecule has 0 radical (unpaired) electrons. The molecule has 0 spiro atoms. The van der Waals surface area contributed by atoms with Gasteiger partial charge in [0.2, 0.25) is 5.75 Å². The SMILES string of the molecule is COc1cc(C(=O)N/N=C\c2cc([N+](=O)[O-])ccc2Sc2cccc3cccnc23)cc(OC)c1OC. The van der Waals surface area contributed by atoms with E-state index in [-0.39, 0.29) is 11.3 Å². The van der Waals surface area contributed by atoms with Gasteiger partial charge in [0, 0.05) is 44.6 Å². The number of hydrogen-bond acceptors (Lipinski definition) is 9. The van der Waals surface area contributed by atoms with Gasteiger partial charge in [-0.2, -0.15) is 5.10 Å². The summed E-state index contributed by atoms with van der Waals surface area (Å²) < 4.78 is 15.9. The first-order chi connectivity index (χ1) is 17.9. The minimum atomic E-state index is -0.534. The van der Waals surface area contributed by atoms with Crippen molar-refractivity contribution in [2.45, 2.75) is 9.79 Å². The smallest absolute Gasteiger partial charge is 0.271 e. The number of fused-ring (bicyclic) bond motifs is 1. The number of hydrazone groups is 1. The molecule has 0 saturated carbocycles. The first-order valence-corrected chi connectivity index (χ1v) is 11.7. The predicted molar refractivity (Wildman–Crippen MR) is 140 cm³/mol. The molecule has 11 heteroatoms. The van der Waals surface area contributed by atoms with E-state index in [4.69, 9.17) is 14.2 Å². The maximum absolute atomic E-state index is 12.8. The minimum absolute atomic E-state index is 0.0993. The van der Waals surface area contributed by atoms with E-state index < -0.39 is 10.8 Å². The number of pyridine rings is 1. The topological polar surface area (TPSA) is 125 Å². The quantitative estimate of drug-likeness (QED) is 0.185. The van der Waals surface area contributed by atoms with Crippen molar-refractivity contribution in [3.05, 3.63) is 88.1 Å². The maximum atomic E-state index is 12.8. The van der Waals surface area contributed by atoms with Crippen LogP contribution in [0.3, 0.4) is 0 Å². The molecule has 4 aromatic rings. The number of benzene rings is 3. The summed E-state index contributed by atoms with van der Waals surface area (Å²) in [6.07, 6.45) is 3.08. The van der Waals surface area contributed by atoms with E-state index in [9.17, 15) is 14.9 Å². The molecule has 0 aliphatic heterocycles. The second-order valence-electron chi connectivity index (χ2n) is 7.53. The summed E-state index contributed by atoms with van der Waals surface area (Å²) in [5.41, 5.74) is 3.84. The van der Waals surface area contributed by atoms with Crippen molar-refractivity contribution in [1.29, 1.82) is 0 Å². The fraction of sp³-hybridized carbons (Fsp3) is 0.115. The molecular formula is C26H22N4O6S. The monoisotopic (exact) mass is 518 g/mol. The third-order valence-corrected chi connectivity index (χ3v) is 6.46. The van der Waals surface area contributed by atoms with E-state index in [1.165, 1.54) is 63.6 Å². The Morgan fingerprint density at radius 2 is 1.73 bits per heavy atom. The minimum Gasteiger partial charge on any atom is -0.493 e. The molecule has 1 amide bonds. The Balaban J connectivity index is 1.62. The molecule has 0 saturated heterocycles. The van der Waals surface area contributed by atoms with E-state index in [2.05, 4.69) is 15.5 Å². The average molecular weight is 519 g/mol. The van der Waals surface area contributed by atoms with Gasteiger partial charge in [0.15, 0.2) is 11.5 Å². The van der Waals surface area contributed by atoms with Crippen molar-refractivity contribution in [2.24, 2.45) is 5.10 Å². The molecule has 1 N–H and O–H groups in total. The molecule has 188 valence electrons. The number of nitrogens with one attached hydrogen (secondary N) is 1. The highest BCUT2D eigenvalue weighted by Crippen LogP contribution is 2.38. The zero-order valence-electron chi connectivity index (χ0n) is 20.1. The van der Waals surface area contributed by atoms with Gasteiger partial charge in [0.05, 0.1) is 38.0 Å². The molecule has 1 heterocycles. The van der Waals surface area contributed by atoms with Gasteiger partial charge in [-0.3, -0.25) is 19.9 Å². The van der Waals surface area contributed by atoms with Gasteiger partial charge in [0.25, 0.3) is 11.6 Å². The summed E-state index contributed by atoms with van der Waals surface area (Å²) >= 11 is 1.40. The van der Waals surface area contributed by atoms with Crippen LogP contribution in [0.4, 0.5) is 5.69 Å². The Morgan fingerprint density at radius 1 is 1.00 bits per heavy atom. The Kier molecular flexibility index (Phi) is 7.84. The van der Waals surface area contributed by atoms with Gasteiger partial charge < -0.3 is 14.2 Å². The molecule has 10 nitrogen and oxygen atoms in total. The third kappa shape index (κ3) is 5.62. The lowest BCUT2D eigenvalue weighted by molar-refractivity contribution is -0.384. The number of nitro benzene ring substituents is 1. The number of methoxy groups -OCH3 is 3. The number of carbonyl (C=O) groups excluding carboxylic acids is 1. The number of aromatic nitrogens is 1. The second-order valence-corrected chi connectivity index (χ2v) is 8.61. The number of non-ortho nitro benzene ring substituents is 1. The van der Waals surface area contributed by atoms with Crippen LogP contribution in [0.15, 0.2) is 81.8 Å². The predicted octanol–water partition coefficient (Wildman–Crippen LogP) is 5.08. The Labute approximate surface area is 216 Å². The highest BCUT2D eigenvalue weighted by Gasteiger charge is 2.17. The Morgan fingerprint density at radius 3 is 2.41 bits per heavy atom. The fourth-order valence-electron chi connectivity index (χ4n) is 3.56. The molecule has 0 fully saturated rings. The van der Waals surface area contributed by atoms with Crippen molar-refractivity contribution >= 4 is 40.5 Å². The Bertz CT molecular complexity index is 1480. The van der Waals surface area contributed by atoms with E-state index in [0.717, 1.165) is 15.8 Å². The van der Waals surface area contributed by atoms with Crippen LogP contribution in [0.1, 0.15) is 15.9 Å². The van der Waals surface area contributed by atoms with E-state index in [0.29, 0.717) is 27.7 Å². The third-order valence-electron chi connectivity index (χ3n) is 5.32. The standard InChI is InChI=1S/C26H22N4O6S/c1-34-20-13-17(14-21(35-2)25(20)36-3)26(31)29-28-15-18-12-19(30(32)33)9-10-22(18)37-23-8-4-6-16-7-5-11-27-24(16)23/h4-15H,1-3H3,(H,29,31)/b28-15-. The molecule has 0 atom stereocenters. The molecule has 37 heavy (non-hydrogen) atoms. The number of nitro groups is 1. The molecule has 0 aliphatic rings. The van der Waals surface area contributed by atoms with Crippen molar-refractivity contribution in [3.63, 3.8) is 0 Å². The first-order valence-electron chi connectivity index (χ1n) is 10.9.